The standard InChI is InChI=1S/C8H16O4/c1-4-6(9)7(10)5(2)12-8(4)11-3/h4-10H,1-3H3. The van der Waals surface area contributed by atoms with Crippen molar-refractivity contribution in [3.05, 3.63) is 0 Å². The van der Waals surface area contributed by atoms with Gasteiger partial charge in [-0.25, -0.2) is 0 Å². The summed E-state index contributed by atoms with van der Waals surface area (Å²) in [4.78, 5) is 0. The van der Waals surface area contributed by atoms with E-state index in [0.717, 1.165) is 0 Å². The van der Waals surface area contributed by atoms with E-state index in [2.05, 4.69) is 0 Å². The highest BCUT2D eigenvalue weighted by molar-refractivity contribution is 4.84. The summed E-state index contributed by atoms with van der Waals surface area (Å²) in [5, 5.41) is 18.9. The van der Waals surface area contributed by atoms with Crippen LogP contribution in [0.4, 0.5) is 0 Å². The SMILES string of the molecule is COC1OC(C)C(O)C(O)C1C. The Hall–Kier alpha value is -0.160. The topological polar surface area (TPSA) is 58.9 Å². The third kappa shape index (κ3) is 1.61. The lowest BCUT2D eigenvalue weighted by atomic mass is 9.93. The van der Waals surface area contributed by atoms with Crippen molar-refractivity contribution in [2.75, 3.05) is 7.11 Å². The van der Waals surface area contributed by atoms with Gasteiger partial charge in [-0.3, -0.25) is 0 Å². The molecule has 12 heavy (non-hydrogen) atoms. The van der Waals surface area contributed by atoms with Crippen LogP contribution in [-0.2, 0) is 9.47 Å². The van der Waals surface area contributed by atoms with Gasteiger partial charge < -0.3 is 19.7 Å². The predicted molar refractivity (Wildman–Crippen MR) is 42.5 cm³/mol. The fourth-order valence-corrected chi connectivity index (χ4v) is 1.44. The van der Waals surface area contributed by atoms with Crippen molar-refractivity contribution >= 4 is 0 Å². The lowest BCUT2D eigenvalue weighted by Gasteiger charge is -2.39. The molecule has 5 unspecified atom stereocenters. The van der Waals surface area contributed by atoms with Crippen LogP contribution in [0.2, 0.25) is 0 Å². The van der Waals surface area contributed by atoms with Crippen molar-refractivity contribution in [3.8, 4) is 0 Å². The summed E-state index contributed by atoms with van der Waals surface area (Å²) >= 11 is 0. The highest BCUT2D eigenvalue weighted by Crippen LogP contribution is 2.25. The van der Waals surface area contributed by atoms with E-state index in [1.165, 1.54) is 7.11 Å². The Balaban J connectivity index is 2.63. The Morgan fingerprint density at radius 2 is 1.75 bits per heavy atom. The average molecular weight is 176 g/mol. The zero-order valence-electron chi connectivity index (χ0n) is 7.60. The highest BCUT2D eigenvalue weighted by Gasteiger charge is 2.39. The van der Waals surface area contributed by atoms with Gasteiger partial charge in [-0.05, 0) is 6.92 Å². The molecular formula is C8H16O4. The zero-order valence-corrected chi connectivity index (χ0v) is 7.60. The number of hydrogen-bond donors (Lipinski definition) is 2. The van der Waals surface area contributed by atoms with Crippen LogP contribution in [0.3, 0.4) is 0 Å². The summed E-state index contributed by atoms with van der Waals surface area (Å²) in [5.74, 6) is -0.193. The van der Waals surface area contributed by atoms with Crippen LogP contribution in [0, 0.1) is 5.92 Å². The molecule has 0 aromatic heterocycles. The van der Waals surface area contributed by atoms with Gasteiger partial charge in [-0.1, -0.05) is 6.92 Å². The second-order valence-corrected chi connectivity index (χ2v) is 3.29. The van der Waals surface area contributed by atoms with Gasteiger partial charge in [0.05, 0.1) is 12.2 Å². The van der Waals surface area contributed by atoms with Crippen molar-refractivity contribution in [2.24, 2.45) is 5.92 Å². The van der Waals surface area contributed by atoms with Gasteiger partial charge in [-0.15, -0.1) is 0 Å². The normalized spacial score (nSPS) is 49.2. The molecule has 1 aliphatic heterocycles. The zero-order chi connectivity index (χ0) is 9.30. The lowest BCUT2D eigenvalue weighted by molar-refractivity contribution is -0.264. The van der Waals surface area contributed by atoms with E-state index < -0.39 is 18.5 Å². The predicted octanol–water partition coefficient (Wildman–Crippen LogP) is -0.265. The van der Waals surface area contributed by atoms with Gasteiger partial charge in [-0.2, -0.15) is 0 Å². The van der Waals surface area contributed by atoms with Crippen molar-refractivity contribution in [1.82, 2.24) is 0 Å². The van der Waals surface area contributed by atoms with Gasteiger partial charge in [0.2, 0.25) is 0 Å². The molecule has 0 aromatic carbocycles. The molecule has 0 aromatic rings. The Kier molecular flexibility index (Phi) is 3.06. The molecule has 4 nitrogen and oxygen atoms in total. The minimum absolute atomic E-state index is 0.193. The van der Waals surface area contributed by atoms with Crippen LogP contribution in [0.5, 0.6) is 0 Å². The number of aliphatic hydroxyl groups excluding tert-OH is 2. The van der Waals surface area contributed by atoms with Gasteiger partial charge in [0.1, 0.15) is 6.10 Å². The summed E-state index contributed by atoms with van der Waals surface area (Å²) in [6.45, 7) is 3.50. The smallest absolute Gasteiger partial charge is 0.162 e. The first-order valence-corrected chi connectivity index (χ1v) is 4.12. The molecule has 0 radical (unpaired) electrons. The molecule has 5 atom stereocenters. The van der Waals surface area contributed by atoms with E-state index in [-0.39, 0.29) is 12.0 Å². The molecule has 0 spiro atoms. The maximum atomic E-state index is 9.51. The number of rotatable bonds is 1. The third-order valence-corrected chi connectivity index (χ3v) is 2.38. The molecule has 0 bridgehead atoms. The first-order chi connectivity index (χ1) is 5.57. The molecule has 1 heterocycles. The van der Waals surface area contributed by atoms with Crippen LogP contribution in [0.15, 0.2) is 0 Å². The van der Waals surface area contributed by atoms with E-state index in [1.54, 1.807) is 13.8 Å². The molecule has 0 saturated carbocycles. The van der Waals surface area contributed by atoms with E-state index in [9.17, 15) is 10.2 Å². The number of aliphatic hydroxyl groups is 2. The Morgan fingerprint density at radius 3 is 2.25 bits per heavy atom. The van der Waals surface area contributed by atoms with Crippen LogP contribution in [0.1, 0.15) is 13.8 Å². The fraction of sp³-hybridized carbons (Fsp3) is 1.00. The third-order valence-electron chi connectivity index (χ3n) is 2.38. The largest absolute Gasteiger partial charge is 0.390 e. The summed E-state index contributed by atoms with van der Waals surface area (Å²) in [5.41, 5.74) is 0. The van der Waals surface area contributed by atoms with Gasteiger partial charge >= 0.3 is 0 Å². The van der Waals surface area contributed by atoms with Crippen LogP contribution in [0.25, 0.3) is 0 Å². The first-order valence-electron chi connectivity index (χ1n) is 4.12. The van der Waals surface area contributed by atoms with Crippen molar-refractivity contribution < 1.29 is 19.7 Å². The van der Waals surface area contributed by atoms with Crippen molar-refractivity contribution in [3.63, 3.8) is 0 Å². The fourth-order valence-electron chi connectivity index (χ4n) is 1.44. The number of ether oxygens (including phenoxy) is 2. The molecule has 4 heteroatoms. The summed E-state index contributed by atoms with van der Waals surface area (Å²) in [6, 6.07) is 0. The molecule has 72 valence electrons. The Labute approximate surface area is 72.1 Å². The molecule has 2 N–H and O–H groups in total. The van der Waals surface area contributed by atoms with Crippen LogP contribution < -0.4 is 0 Å². The summed E-state index contributed by atoms with van der Waals surface area (Å²) < 4.78 is 10.3. The molecule has 1 fully saturated rings. The van der Waals surface area contributed by atoms with Gasteiger partial charge in [0, 0.05) is 13.0 Å². The quantitative estimate of drug-likeness (QED) is 0.577. The Bertz CT molecular complexity index is 145. The highest BCUT2D eigenvalue weighted by atomic mass is 16.7. The van der Waals surface area contributed by atoms with E-state index in [1.807, 2.05) is 0 Å². The summed E-state index contributed by atoms with van der Waals surface area (Å²) in [6.07, 6.45) is -2.37. The van der Waals surface area contributed by atoms with Gasteiger partial charge in [0.25, 0.3) is 0 Å². The minimum atomic E-state index is -0.814. The van der Waals surface area contributed by atoms with Crippen molar-refractivity contribution in [1.29, 1.82) is 0 Å². The van der Waals surface area contributed by atoms with E-state index in [4.69, 9.17) is 9.47 Å². The molecule has 0 amide bonds. The van der Waals surface area contributed by atoms with Crippen molar-refractivity contribution in [2.45, 2.75) is 38.4 Å². The molecule has 0 aliphatic carbocycles. The Morgan fingerprint density at radius 1 is 1.17 bits per heavy atom. The van der Waals surface area contributed by atoms with Crippen LogP contribution >= 0.6 is 0 Å². The summed E-state index contributed by atoms with van der Waals surface area (Å²) in [7, 11) is 1.53. The second-order valence-electron chi connectivity index (χ2n) is 3.29. The monoisotopic (exact) mass is 176 g/mol. The number of hydrogen-bond acceptors (Lipinski definition) is 4. The molecule has 1 aliphatic rings. The minimum Gasteiger partial charge on any atom is -0.390 e. The first kappa shape index (κ1) is 9.92. The second kappa shape index (κ2) is 3.70. The lowest BCUT2D eigenvalue weighted by Crippen LogP contribution is -2.52. The van der Waals surface area contributed by atoms with E-state index >= 15 is 0 Å². The molecular weight excluding hydrogens is 160 g/mol. The van der Waals surface area contributed by atoms with Gasteiger partial charge in [0.15, 0.2) is 6.29 Å². The maximum Gasteiger partial charge on any atom is 0.162 e. The maximum absolute atomic E-state index is 9.51. The van der Waals surface area contributed by atoms with E-state index in [0.29, 0.717) is 0 Å². The molecule has 1 rings (SSSR count). The average Bonchev–Trinajstić information content (AvgIpc) is 2.08. The number of methoxy groups -OCH3 is 1. The van der Waals surface area contributed by atoms with Crippen LogP contribution in [-0.4, -0.2) is 41.9 Å². The molecule has 1 saturated heterocycles.